The van der Waals surface area contributed by atoms with Gasteiger partial charge >= 0.3 is 0 Å². The summed E-state index contributed by atoms with van der Waals surface area (Å²) in [6.07, 6.45) is 1.03. The van der Waals surface area contributed by atoms with E-state index < -0.39 is 0 Å². The molecule has 0 saturated heterocycles. The van der Waals surface area contributed by atoms with Crippen LogP contribution in [-0.4, -0.2) is 13.6 Å². The molecule has 1 rings (SSSR count). The lowest BCUT2D eigenvalue weighted by molar-refractivity contribution is 0.303. The highest BCUT2D eigenvalue weighted by atomic mass is 19.1. The van der Waals surface area contributed by atoms with Gasteiger partial charge in [0.1, 0.15) is 5.82 Å². The van der Waals surface area contributed by atoms with E-state index >= 15 is 0 Å². The number of halogens is 1. The molecule has 0 bridgehead atoms. The summed E-state index contributed by atoms with van der Waals surface area (Å²) >= 11 is 0. The van der Waals surface area contributed by atoms with E-state index in [9.17, 15) is 4.39 Å². The summed E-state index contributed by atoms with van der Waals surface area (Å²) in [6.45, 7) is 7.58. The van der Waals surface area contributed by atoms with Gasteiger partial charge in [-0.1, -0.05) is 32.9 Å². The first-order chi connectivity index (χ1) is 7.45. The molecule has 2 heteroatoms. The Morgan fingerprint density at radius 2 is 2.00 bits per heavy atom. The minimum atomic E-state index is -0.142. The van der Waals surface area contributed by atoms with Crippen LogP contribution >= 0.6 is 0 Å². The second kappa shape index (κ2) is 5.44. The fourth-order valence-corrected chi connectivity index (χ4v) is 2.11. The Balaban J connectivity index is 2.92. The molecule has 1 atom stereocenters. The second-order valence-corrected chi connectivity index (χ2v) is 5.37. The number of nitrogens with one attached hydrogen (secondary N) is 1. The SMILES string of the molecule is CNCCC(c1cccc(F)c1)C(C)(C)C. The summed E-state index contributed by atoms with van der Waals surface area (Å²) in [4.78, 5) is 0. The van der Waals surface area contributed by atoms with Gasteiger partial charge in [-0.2, -0.15) is 0 Å². The van der Waals surface area contributed by atoms with E-state index in [4.69, 9.17) is 0 Å². The minimum absolute atomic E-state index is 0.142. The van der Waals surface area contributed by atoms with Crippen molar-refractivity contribution in [1.29, 1.82) is 0 Å². The molecule has 0 spiro atoms. The smallest absolute Gasteiger partial charge is 0.123 e. The Bertz CT molecular complexity index is 328. The van der Waals surface area contributed by atoms with Crippen LogP contribution < -0.4 is 5.32 Å². The van der Waals surface area contributed by atoms with Crippen molar-refractivity contribution in [3.8, 4) is 0 Å². The molecular formula is C14H22FN. The third-order valence-electron chi connectivity index (χ3n) is 2.98. The first kappa shape index (κ1) is 13.2. The maximum Gasteiger partial charge on any atom is 0.123 e. The van der Waals surface area contributed by atoms with Crippen LogP contribution in [0.2, 0.25) is 0 Å². The Labute approximate surface area is 98.1 Å². The molecule has 0 aliphatic rings. The molecule has 0 aliphatic heterocycles. The van der Waals surface area contributed by atoms with Crippen LogP contribution in [0.15, 0.2) is 24.3 Å². The van der Waals surface area contributed by atoms with Crippen molar-refractivity contribution in [2.45, 2.75) is 33.1 Å². The van der Waals surface area contributed by atoms with Gasteiger partial charge in [-0.15, -0.1) is 0 Å². The highest BCUT2D eigenvalue weighted by Crippen LogP contribution is 2.37. The van der Waals surface area contributed by atoms with Gasteiger partial charge in [-0.3, -0.25) is 0 Å². The van der Waals surface area contributed by atoms with E-state index in [1.165, 1.54) is 6.07 Å². The fourth-order valence-electron chi connectivity index (χ4n) is 2.11. The lowest BCUT2D eigenvalue weighted by Crippen LogP contribution is -2.22. The maximum atomic E-state index is 13.2. The highest BCUT2D eigenvalue weighted by molar-refractivity contribution is 5.22. The topological polar surface area (TPSA) is 12.0 Å². The maximum absolute atomic E-state index is 13.2. The van der Waals surface area contributed by atoms with Crippen molar-refractivity contribution >= 4 is 0 Å². The molecule has 16 heavy (non-hydrogen) atoms. The standard InChI is InChI=1S/C14H22FN/c1-14(2,3)13(8-9-16-4)11-6-5-7-12(15)10-11/h5-7,10,13,16H,8-9H2,1-4H3. The molecule has 1 aromatic rings. The zero-order valence-corrected chi connectivity index (χ0v) is 10.7. The third kappa shape index (κ3) is 3.60. The highest BCUT2D eigenvalue weighted by Gasteiger charge is 2.25. The number of benzene rings is 1. The quantitative estimate of drug-likeness (QED) is 0.823. The van der Waals surface area contributed by atoms with Crippen LogP contribution in [0.25, 0.3) is 0 Å². The van der Waals surface area contributed by atoms with Gasteiger partial charge in [0, 0.05) is 0 Å². The first-order valence-electron chi connectivity index (χ1n) is 5.85. The summed E-state index contributed by atoms with van der Waals surface area (Å²) < 4.78 is 13.2. The van der Waals surface area contributed by atoms with Gasteiger partial charge in [0.15, 0.2) is 0 Å². The van der Waals surface area contributed by atoms with Crippen molar-refractivity contribution in [2.75, 3.05) is 13.6 Å². The molecule has 0 saturated carbocycles. The summed E-state index contributed by atoms with van der Waals surface area (Å²) in [5, 5.41) is 3.16. The predicted octanol–water partition coefficient (Wildman–Crippen LogP) is 3.56. The van der Waals surface area contributed by atoms with E-state index in [1.807, 2.05) is 13.1 Å². The minimum Gasteiger partial charge on any atom is -0.320 e. The summed E-state index contributed by atoms with van der Waals surface area (Å²) in [6, 6.07) is 6.98. The Kier molecular flexibility index (Phi) is 4.48. The molecule has 0 aliphatic carbocycles. The molecule has 1 aromatic carbocycles. The zero-order chi connectivity index (χ0) is 12.2. The van der Waals surface area contributed by atoms with E-state index in [0.29, 0.717) is 5.92 Å². The molecule has 0 heterocycles. The van der Waals surface area contributed by atoms with Crippen LogP contribution in [0.4, 0.5) is 4.39 Å². The molecule has 1 nitrogen and oxygen atoms in total. The summed E-state index contributed by atoms with van der Waals surface area (Å²) in [5.41, 5.74) is 1.26. The van der Waals surface area contributed by atoms with Gasteiger partial charge in [-0.05, 0) is 49.0 Å². The zero-order valence-electron chi connectivity index (χ0n) is 10.7. The van der Waals surface area contributed by atoms with Gasteiger partial charge in [-0.25, -0.2) is 4.39 Å². The average Bonchev–Trinajstić information content (AvgIpc) is 2.16. The van der Waals surface area contributed by atoms with Gasteiger partial charge in [0.05, 0.1) is 0 Å². The van der Waals surface area contributed by atoms with Crippen molar-refractivity contribution < 1.29 is 4.39 Å². The van der Waals surface area contributed by atoms with Crippen LogP contribution in [0.3, 0.4) is 0 Å². The Morgan fingerprint density at radius 3 is 2.50 bits per heavy atom. The summed E-state index contributed by atoms with van der Waals surface area (Å²) in [7, 11) is 1.95. The third-order valence-corrected chi connectivity index (χ3v) is 2.98. The second-order valence-electron chi connectivity index (χ2n) is 5.37. The molecule has 0 fully saturated rings. The molecule has 0 aromatic heterocycles. The van der Waals surface area contributed by atoms with Gasteiger partial charge in [0.2, 0.25) is 0 Å². The first-order valence-corrected chi connectivity index (χ1v) is 5.85. The molecule has 1 N–H and O–H groups in total. The molecule has 1 unspecified atom stereocenters. The number of hydrogen-bond acceptors (Lipinski definition) is 1. The van der Waals surface area contributed by atoms with E-state index in [1.54, 1.807) is 12.1 Å². The lowest BCUT2D eigenvalue weighted by Gasteiger charge is -2.31. The van der Waals surface area contributed by atoms with Crippen LogP contribution in [-0.2, 0) is 0 Å². The van der Waals surface area contributed by atoms with E-state index in [2.05, 4.69) is 26.1 Å². The van der Waals surface area contributed by atoms with Crippen molar-refractivity contribution in [3.63, 3.8) is 0 Å². The Morgan fingerprint density at radius 1 is 1.31 bits per heavy atom. The van der Waals surface area contributed by atoms with Crippen molar-refractivity contribution in [3.05, 3.63) is 35.6 Å². The molecular weight excluding hydrogens is 201 g/mol. The van der Waals surface area contributed by atoms with Crippen LogP contribution in [0.1, 0.15) is 38.7 Å². The van der Waals surface area contributed by atoms with E-state index in [-0.39, 0.29) is 11.2 Å². The molecule has 0 radical (unpaired) electrons. The fraction of sp³-hybridized carbons (Fsp3) is 0.571. The van der Waals surface area contributed by atoms with Gasteiger partial charge < -0.3 is 5.32 Å². The predicted molar refractivity (Wildman–Crippen MR) is 67.1 cm³/mol. The monoisotopic (exact) mass is 223 g/mol. The van der Waals surface area contributed by atoms with Crippen LogP contribution in [0, 0.1) is 11.2 Å². The van der Waals surface area contributed by atoms with E-state index in [0.717, 1.165) is 18.5 Å². The van der Waals surface area contributed by atoms with Gasteiger partial charge in [0.25, 0.3) is 0 Å². The van der Waals surface area contributed by atoms with Crippen molar-refractivity contribution in [2.24, 2.45) is 5.41 Å². The number of rotatable bonds is 4. The number of hydrogen-bond donors (Lipinski definition) is 1. The van der Waals surface area contributed by atoms with Crippen LogP contribution in [0.5, 0.6) is 0 Å². The molecule has 90 valence electrons. The van der Waals surface area contributed by atoms with Crippen molar-refractivity contribution in [1.82, 2.24) is 5.32 Å². The molecule has 0 amide bonds. The lowest BCUT2D eigenvalue weighted by atomic mass is 9.74. The average molecular weight is 223 g/mol. The Hall–Kier alpha value is -0.890. The largest absolute Gasteiger partial charge is 0.320 e. The normalized spacial score (nSPS) is 13.8. The summed E-state index contributed by atoms with van der Waals surface area (Å²) in [5.74, 6) is 0.242.